The monoisotopic (exact) mass is 339 g/mol. The zero-order valence-corrected chi connectivity index (χ0v) is 14.2. The molecule has 1 atom stereocenters. The minimum Gasteiger partial charge on any atom is -0.495 e. The summed E-state index contributed by atoms with van der Waals surface area (Å²) in [7, 11) is -2.18. The molecule has 0 fully saturated rings. The Kier molecular flexibility index (Phi) is 5.11. The maximum atomic E-state index is 12.4. The number of methoxy groups -OCH3 is 1. The number of sulfonamides is 1. The van der Waals surface area contributed by atoms with Gasteiger partial charge in [-0.15, -0.1) is 0 Å². The molecule has 2 aromatic rings. The van der Waals surface area contributed by atoms with Crippen LogP contribution in [-0.2, 0) is 10.0 Å². The first-order valence-electron chi connectivity index (χ1n) is 6.76. The molecule has 0 saturated heterocycles. The van der Waals surface area contributed by atoms with E-state index in [1.807, 2.05) is 31.2 Å². The van der Waals surface area contributed by atoms with E-state index in [1.54, 1.807) is 6.92 Å². The topological polar surface area (TPSA) is 55.4 Å². The molecule has 22 heavy (non-hydrogen) atoms. The Labute approximate surface area is 136 Å². The number of hydrogen-bond acceptors (Lipinski definition) is 3. The van der Waals surface area contributed by atoms with Gasteiger partial charge in [0, 0.05) is 6.04 Å². The third-order valence-electron chi connectivity index (χ3n) is 3.34. The molecule has 0 aliphatic carbocycles. The Morgan fingerprint density at radius 3 is 2.32 bits per heavy atom. The first kappa shape index (κ1) is 16.8. The van der Waals surface area contributed by atoms with Gasteiger partial charge in [0.25, 0.3) is 0 Å². The van der Waals surface area contributed by atoms with Gasteiger partial charge in [0.2, 0.25) is 10.0 Å². The van der Waals surface area contributed by atoms with E-state index in [2.05, 4.69) is 4.72 Å². The van der Waals surface area contributed by atoms with Crippen molar-refractivity contribution in [2.24, 2.45) is 0 Å². The van der Waals surface area contributed by atoms with E-state index in [0.29, 0.717) is 5.75 Å². The summed E-state index contributed by atoms with van der Waals surface area (Å²) < 4.78 is 32.5. The summed E-state index contributed by atoms with van der Waals surface area (Å²) in [5.74, 6) is 0.437. The lowest BCUT2D eigenvalue weighted by molar-refractivity contribution is 0.414. The second-order valence-electron chi connectivity index (χ2n) is 5.05. The summed E-state index contributed by atoms with van der Waals surface area (Å²) in [6.45, 7) is 3.78. The van der Waals surface area contributed by atoms with Crippen LogP contribution in [0.3, 0.4) is 0 Å². The summed E-state index contributed by atoms with van der Waals surface area (Å²) in [4.78, 5) is 0.109. The minimum atomic E-state index is -3.66. The molecule has 0 saturated carbocycles. The number of rotatable bonds is 5. The normalized spacial score (nSPS) is 12.9. The van der Waals surface area contributed by atoms with Gasteiger partial charge in [0.05, 0.1) is 17.0 Å². The Morgan fingerprint density at radius 2 is 1.77 bits per heavy atom. The van der Waals surface area contributed by atoms with E-state index < -0.39 is 10.0 Å². The molecule has 1 N–H and O–H groups in total. The molecule has 0 unspecified atom stereocenters. The SMILES string of the molecule is COc1ccc(S(=O)(=O)N[C@@H](C)c2ccc(C)cc2)cc1Cl. The van der Waals surface area contributed by atoms with Gasteiger partial charge in [-0.1, -0.05) is 41.4 Å². The Hall–Kier alpha value is -1.56. The summed E-state index contributed by atoms with van der Waals surface area (Å²) in [6, 6.07) is 11.8. The molecule has 2 rings (SSSR count). The van der Waals surface area contributed by atoms with Crippen molar-refractivity contribution >= 4 is 21.6 Å². The van der Waals surface area contributed by atoms with E-state index in [4.69, 9.17) is 16.3 Å². The lowest BCUT2D eigenvalue weighted by Gasteiger charge is -2.15. The van der Waals surface area contributed by atoms with Crippen molar-refractivity contribution in [2.75, 3.05) is 7.11 Å². The summed E-state index contributed by atoms with van der Waals surface area (Å²) in [5.41, 5.74) is 2.02. The third kappa shape index (κ3) is 3.80. The van der Waals surface area contributed by atoms with Crippen molar-refractivity contribution in [1.29, 1.82) is 0 Å². The predicted octanol–water partition coefficient (Wildman–Crippen LogP) is 3.70. The number of hydrogen-bond donors (Lipinski definition) is 1. The van der Waals surface area contributed by atoms with Gasteiger partial charge in [-0.05, 0) is 37.6 Å². The Bertz CT molecular complexity index is 757. The fraction of sp³-hybridized carbons (Fsp3) is 0.250. The molecule has 0 amide bonds. The number of ether oxygens (including phenoxy) is 1. The van der Waals surface area contributed by atoms with E-state index in [9.17, 15) is 8.42 Å². The number of halogens is 1. The Morgan fingerprint density at radius 1 is 1.14 bits per heavy atom. The zero-order valence-electron chi connectivity index (χ0n) is 12.6. The van der Waals surface area contributed by atoms with Gasteiger partial charge in [0.15, 0.2) is 0 Å². The van der Waals surface area contributed by atoms with Crippen LogP contribution in [0.4, 0.5) is 0 Å². The highest BCUT2D eigenvalue weighted by Crippen LogP contribution is 2.27. The van der Waals surface area contributed by atoms with Gasteiger partial charge in [-0.25, -0.2) is 13.1 Å². The van der Waals surface area contributed by atoms with E-state index in [-0.39, 0.29) is 16.0 Å². The molecule has 6 heteroatoms. The van der Waals surface area contributed by atoms with Crippen LogP contribution in [0, 0.1) is 6.92 Å². The first-order valence-corrected chi connectivity index (χ1v) is 8.62. The van der Waals surface area contributed by atoms with Crippen molar-refractivity contribution in [2.45, 2.75) is 24.8 Å². The third-order valence-corrected chi connectivity index (χ3v) is 5.18. The van der Waals surface area contributed by atoms with E-state index >= 15 is 0 Å². The highest BCUT2D eigenvalue weighted by Gasteiger charge is 2.19. The maximum Gasteiger partial charge on any atom is 0.241 e. The standard InChI is InChI=1S/C16H18ClNO3S/c1-11-4-6-13(7-5-11)12(2)18-22(19,20)14-8-9-16(21-3)15(17)10-14/h4-10,12,18H,1-3H3/t12-/m0/s1. The molecule has 0 spiro atoms. The van der Waals surface area contributed by atoms with Gasteiger partial charge in [-0.2, -0.15) is 0 Å². The molecule has 2 aromatic carbocycles. The van der Waals surface area contributed by atoms with Crippen LogP contribution in [0.2, 0.25) is 5.02 Å². The van der Waals surface area contributed by atoms with Crippen LogP contribution in [0.15, 0.2) is 47.4 Å². The molecule has 0 aliphatic heterocycles. The molecular formula is C16H18ClNO3S. The van der Waals surface area contributed by atoms with E-state index in [1.165, 1.54) is 25.3 Å². The van der Waals surface area contributed by atoms with Gasteiger partial charge >= 0.3 is 0 Å². The van der Waals surface area contributed by atoms with Crippen LogP contribution < -0.4 is 9.46 Å². The number of nitrogens with one attached hydrogen (secondary N) is 1. The highest BCUT2D eigenvalue weighted by molar-refractivity contribution is 7.89. The average Bonchev–Trinajstić information content (AvgIpc) is 2.47. The first-order chi connectivity index (χ1) is 10.3. The number of benzene rings is 2. The summed E-state index contributed by atoms with van der Waals surface area (Å²) >= 11 is 5.99. The molecular weight excluding hydrogens is 322 g/mol. The van der Waals surface area contributed by atoms with Crippen LogP contribution in [0.1, 0.15) is 24.1 Å². The van der Waals surface area contributed by atoms with Crippen LogP contribution >= 0.6 is 11.6 Å². The minimum absolute atomic E-state index is 0.109. The predicted molar refractivity (Wildman–Crippen MR) is 87.9 cm³/mol. The van der Waals surface area contributed by atoms with Crippen LogP contribution in [0.5, 0.6) is 5.75 Å². The molecule has 118 valence electrons. The molecule has 0 aromatic heterocycles. The average molecular weight is 340 g/mol. The molecule has 0 heterocycles. The summed E-state index contributed by atoms with van der Waals surface area (Å²) in [5, 5.41) is 0.258. The fourth-order valence-corrected chi connectivity index (χ4v) is 3.62. The Balaban J connectivity index is 2.23. The zero-order chi connectivity index (χ0) is 16.3. The van der Waals surface area contributed by atoms with Crippen molar-refractivity contribution in [1.82, 2.24) is 4.72 Å². The van der Waals surface area contributed by atoms with Gasteiger partial charge < -0.3 is 4.74 Å². The van der Waals surface area contributed by atoms with Crippen molar-refractivity contribution in [3.63, 3.8) is 0 Å². The second-order valence-corrected chi connectivity index (χ2v) is 7.17. The van der Waals surface area contributed by atoms with Crippen molar-refractivity contribution in [3.8, 4) is 5.75 Å². The molecule has 0 radical (unpaired) electrons. The van der Waals surface area contributed by atoms with Crippen molar-refractivity contribution < 1.29 is 13.2 Å². The lowest BCUT2D eigenvalue weighted by Crippen LogP contribution is -2.26. The quantitative estimate of drug-likeness (QED) is 0.903. The fourth-order valence-electron chi connectivity index (χ4n) is 2.04. The van der Waals surface area contributed by atoms with Crippen LogP contribution in [-0.4, -0.2) is 15.5 Å². The molecule has 4 nitrogen and oxygen atoms in total. The van der Waals surface area contributed by atoms with Gasteiger partial charge in [-0.3, -0.25) is 0 Å². The highest BCUT2D eigenvalue weighted by atomic mass is 35.5. The van der Waals surface area contributed by atoms with E-state index in [0.717, 1.165) is 11.1 Å². The number of aryl methyl sites for hydroxylation is 1. The van der Waals surface area contributed by atoms with Gasteiger partial charge in [0.1, 0.15) is 5.75 Å². The van der Waals surface area contributed by atoms with Crippen LogP contribution in [0.25, 0.3) is 0 Å². The molecule has 0 bridgehead atoms. The second kappa shape index (κ2) is 6.69. The smallest absolute Gasteiger partial charge is 0.241 e. The largest absolute Gasteiger partial charge is 0.495 e. The molecule has 0 aliphatic rings. The summed E-state index contributed by atoms with van der Waals surface area (Å²) in [6.07, 6.45) is 0. The van der Waals surface area contributed by atoms with Crippen molar-refractivity contribution in [3.05, 3.63) is 58.6 Å². The lowest BCUT2D eigenvalue weighted by atomic mass is 10.1. The maximum absolute atomic E-state index is 12.4.